The second kappa shape index (κ2) is 10.5. The van der Waals surface area contributed by atoms with Gasteiger partial charge in [0.25, 0.3) is 0 Å². The Morgan fingerprint density at radius 3 is 2.28 bits per heavy atom. The average Bonchev–Trinajstić information content (AvgIpc) is 3.09. The normalized spacial score (nSPS) is 17.8. The van der Waals surface area contributed by atoms with E-state index in [0.29, 0.717) is 25.2 Å². The number of carbonyl (C=O) groups is 2. The highest BCUT2D eigenvalue weighted by atomic mass is 16.5. The molecule has 2 fully saturated rings. The third kappa shape index (κ3) is 5.42. The molecular weight excluding hydrogens is 410 g/mol. The molecule has 0 radical (unpaired) electrons. The molecule has 0 unspecified atom stereocenters. The SMILES string of the molecule is COC(=O)c1ccc(N2CCN(C(=O)Cn3nnnc3CN3CCCCCC3)CC2)cc1. The van der Waals surface area contributed by atoms with Gasteiger partial charge in [-0.05, 0) is 60.6 Å². The quantitative estimate of drug-likeness (QED) is 0.617. The van der Waals surface area contributed by atoms with Crippen LogP contribution < -0.4 is 4.90 Å². The van der Waals surface area contributed by atoms with E-state index in [4.69, 9.17) is 4.74 Å². The zero-order valence-electron chi connectivity index (χ0n) is 18.6. The van der Waals surface area contributed by atoms with Crippen molar-refractivity contribution in [2.75, 3.05) is 51.3 Å². The summed E-state index contributed by atoms with van der Waals surface area (Å²) in [5.74, 6) is 0.449. The largest absolute Gasteiger partial charge is 0.465 e. The zero-order chi connectivity index (χ0) is 22.3. The van der Waals surface area contributed by atoms with Crippen LogP contribution in [0.2, 0.25) is 0 Å². The van der Waals surface area contributed by atoms with Crippen molar-refractivity contribution in [2.45, 2.75) is 38.8 Å². The number of tetrazole rings is 1. The van der Waals surface area contributed by atoms with Crippen LogP contribution in [0.1, 0.15) is 41.9 Å². The van der Waals surface area contributed by atoms with Gasteiger partial charge in [0.2, 0.25) is 5.91 Å². The molecule has 1 aromatic heterocycles. The molecule has 2 aromatic rings. The number of nitrogens with zero attached hydrogens (tertiary/aromatic N) is 7. The summed E-state index contributed by atoms with van der Waals surface area (Å²) >= 11 is 0. The molecule has 0 atom stereocenters. The molecule has 0 bridgehead atoms. The van der Waals surface area contributed by atoms with Crippen molar-refractivity contribution in [3.63, 3.8) is 0 Å². The van der Waals surface area contributed by atoms with Crippen molar-refractivity contribution in [1.82, 2.24) is 30.0 Å². The Labute approximate surface area is 188 Å². The Balaban J connectivity index is 1.29. The van der Waals surface area contributed by atoms with E-state index < -0.39 is 0 Å². The first-order chi connectivity index (χ1) is 15.6. The molecule has 0 saturated carbocycles. The van der Waals surface area contributed by atoms with E-state index in [-0.39, 0.29) is 18.4 Å². The molecule has 0 spiro atoms. The molecule has 2 aliphatic heterocycles. The van der Waals surface area contributed by atoms with Crippen molar-refractivity contribution in [2.24, 2.45) is 0 Å². The summed E-state index contributed by atoms with van der Waals surface area (Å²) in [7, 11) is 1.37. The van der Waals surface area contributed by atoms with Gasteiger partial charge < -0.3 is 14.5 Å². The van der Waals surface area contributed by atoms with Crippen molar-refractivity contribution in [3.8, 4) is 0 Å². The number of likely N-dealkylation sites (tertiary alicyclic amines) is 1. The second-order valence-electron chi connectivity index (χ2n) is 8.35. The summed E-state index contributed by atoms with van der Waals surface area (Å²) in [6.07, 6.45) is 4.97. The fourth-order valence-electron chi connectivity index (χ4n) is 4.32. The number of methoxy groups -OCH3 is 1. The lowest BCUT2D eigenvalue weighted by atomic mass is 10.2. The van der Waals surface area contributed by atoms with Crippen LogP contribution in [0, 0.1) is 0 Å². The minimum atomic E-state index is -0.343. The maximum Gasteiger partial charge on any atom is 0.337 e. The first-order valence-electron chi connectivity index (χ1n) is 11.3. The average molecular weight is 442 g/mol. The predicted octanol–water partition coefficient (Wildman–Crippen LogP) is 1.18. The number of hydrogen-bond donors (Lipinski definition) is 0. The summed E-state index contributed by atoms with van der Waals surface area (Å²) < 4.78 is 6.39. The minimum absolute atomic E-state index is 0.0371. The molecule has 0 aliphatic carbocycles. The Bertz CT molecular complexity index is 899. The van der Waals surface area contributed by atoms with Gasteiger partial charge in [0, 0.05) is 31.9 Å². The Morgan fingerprint density at radius 1 is 0.938 bits per heavy atom. The number of ether oxygens (including phenoxy) is 1. The van der Waals surface area contributed by atoms with Gasteiger partial charge in [-0.15, -0.1) is 5.10 Å². The number of anilines is 1. The number of amides is 1. The van der Waals surface area contributed by atoms with Crippen LogP contribution in [0.15, 0.2) is 24.3 Å². The number of esters is 1. The third-order valence-corrected chi connectivity index (χ3v) is 6.24. The summed E-state index contributed by atoms with van der Waals surface area (Å²) in [6, 6.07) is 7.37. The van der Waals surface area contributed by atoms with E-state index in [0.717, 1.165) is 37.7 Å². The van der Waals surface area contributed by atoms with Crippen LogP contribution in [-0.2, 0) is 22.6 Å². The highest BCUT2D eigenvalue weighted by Gasteiger charge is 2.23. The molecule has 4 rings (SSSR count). The molecule has 2 aliphatic rings. The van der Waals surface area contributed by atoms with Crippen molar-refractivity contribution in [3.05, 3.63) is 35.7 Å². The van der Waals surface area contributed by atoms with Gasteiger partial charge in [-0.1, -0.05) is 12.8 Å². The van der Waals surface area contributed by atoms with E-state index in [2.05, 4.69) is 25.3 Å². The van der Waals surface area contributed by atoms with E-state index in [9.17, 15) is 9.59 Å². The smallest absolute Gasteiger partial charge is 0.337 e. The van der Waals surface area contributed by atoms with Crippen LogP contribution in [0.4, 0.5) is 5.69 Å². The fraction of sp³-hybridized carbons (Fsp3) is 0.591. The van der Waals surface area contributed by atoms with E-state index in [1.165, 1.54) is 32.8 Å². The van der Waals surface area contributed by atoms with Gasteiger partial charge in [0.05, 0.1) is 19.2 Å². The molecule has 0 N–H and O–H groups in total. The van der Waals surface area contributed by atoms with Crippen LogP contribution in [-0.4, -0.2) is 88.3 Å². The summed E-state index contributed by atoms with van der Waals surface area (Å²) in [6.45, 7) is 5.73. The molecule has 2 saturated heterocycles. The molecule has 1 amide bonds. The number of piperazine rings is 1. The van der Waals surface area contributed by atoms with Gasteiger partial charge in [0.15, 0.2) is 5.82 Å². The van der Waals surface area contributed by atoms with Crippen LogP contribution in [0.5, 0.6) is 0 Å². The Hall–Kier alpha value is -3.01. The zero-order valence-corrected chi connectivity index (χ0v) is 18.6. The first-order valence-corrected chi connectivity index (χ1v) is 11.3. The number of benzene rings is 1. The molecule has 10 nitrogen and oxygen atoms in total. The standard InChI is InChI=1S/C22H31N7O3/c1-32-22(31)18-6-8-19(9-7-18)27-12-14-28(15-13-27)21(30)17-29-20(23-24-25-29)16-26-10-4-2-3-5-11-26/h6-9H,2-5,10-17H2,1H3. The number of aromatic nitrogens is 4. The highest BCUT2D eigenvalue weighted by molar-refractivity contribution is 5.89. The van der Waals surface area contributed by atoms with Crippen LogP contribution >= 0.6 is 0 Å². The fourth-order valence-corrected chi connectivity index (χ4v) is 4.32. The van der Waals surface area contributed by atoms with Gasteiger partial charge >= 0.3 is 5.97 Å². The molecule has 32 heavy (non-hydrogen) atoms. The lowest BCUT2D eigenvalue weighted by Gasteiger charge is -2.36. The van der Waals surface area contributed by atoms with Crippen LogP contribution in [0.3, 0.4) is 0 Å². The van der Waals surface area contributed by atoms with Crippen LogP contribution in [0.25, 0.3) is 0 Å². The van der Waals surface area contributed by atoms with Gasteiger partial charge in [-0.3, -0.25) is 9.69 Å². The van der Waals surface area contributed by atoms with Crippen molar-refractivity contribution < 1.29 is 14.3 Å². The predicted molar refractivity (Wildman–Crippen MR) is 118 cm³/mol. The molecular formula is C22H31N7O3. The monoisotopic (exact) mass is 441 g/mol. The van der Waals surface area contributed by atoms with Crippen molar-refractivity contribution in [1.29, 1.82) is 0 Å². The van der Waals surface area contributed by atoms with E-state index >= 15 is 0 Å². The maximum absolute atomic E-state index is 12.9. The topological polar surface area (TPSA) is 96.7 Å². The van der Waals surface area contributed by atoms with E-state index in [1.807, 2.05) is 17.0 Å². The lowest BCUT2D eigenvalue weighted by molar-refractivity contribution is -0.132. The van der Waals surface area contributed by atoms with Gasteiger partial charge in [-0.25, -0.2) is 9.48 Å². The Morgan fingerprint density at radius 2 is 1.62 bits per heavy atom. The third-order valence-electron chi connectivity index (χ3n) is 6.24. The Kier molecular flexibility index (Phi) is 7.31. The minimum Gasteiger partial charge on any atom is -0.465 e. The molecule has 3 heterocycles. The van der Waals surface area contributed by atoms with E-state index in [1.54, 1.807) is 16.8 Å². The lowest BCUT2D eigenvalue weighted by Crippen LogP contribution is -2.49. The number of rotatable bonds is 6. The van der Waals surface area contributed by atoms with Crippen molar-refractivity contribution >= 4 is 17.6 Å². The second-order valence-corrected chi connectivity index (χ2v) is 8.35. The first kappa shape index (κ1) is 22.2. The summed E-state index contributed by atoms with van der Waals surface area (Å²) in [4.78, 5) is 31.0. The van der Waals surface area contributed by atoms with Gasteiger partial charge in [0.1, 0.15) is 6.54 Å². The highest BCUT2D eigenvalue weighted by Crippen LogP contribution is 2.18. The maximum atomic E-state index is 12.9. The molecule has 10 heteroatoms. The number of hydrogen-bond acceptors (Lipinski definition) is 8. The summed E-state index contributed by atoms with van der Waals surface area (Å²) in [5.41, 5.74) is 1.56. The number of carbonyl (C=O) groups excluding carboxylic acids is 2. The molecule has 172 valence electrons. The van der Waals surface area contributed by atoms with Gasteiger partial charge in [-0.2, -0.15) is 0 Å². The summed E-state index contributed by atoms with van der Waals surface area (Å²) in [5, 5.41) is 12.0. The molecule has 1 aromatic carbocycles.